The van der Waals surface area contributed by atoms with E-state index in [0.29, 0.717) is 23.6 Å². The molecule has 2 saturated carbocycles. The Morgan fingerprint density at radius 1 is 1.10 bits per heavy atom. The second-order valence-corrected chi connectivity index (χ2v) is 6.09. The van der Waals surface area contributed by atoms with E-state index < -0.39 is 0 Å². The van der Waals surface area contributed by atoms with Gasteiger partial charge in [0, 0.05) is 23.7 Å². The normalized spacial score (nSPS) is 19.0. The Kier molecular flexibility index (Phi) is 3.02. The van der Waals surface area contributed by atoms with Gasteiger partial charge in [0.1, 0.15) is 5.69 Å². The quantitative estimate of drug-likeness (QED) is 0.805. The molecule has 2 aromatic heterocycles. The first-order chi connectivity index (χ1) is 10.3. The van der Waals surface area contributed by atoms with Crippen LogP contribution in [0.4, 0.5) is 5.95 Å². The third-order valence-corrected chi connectivity index (χ3v) is 4.31. The van der Waals surface area contributed by atoms with Gasteiger partial charge in [-0.15, -0.1) is 0 Å². The molecule has 0 aliphatic heterocycles. The zero-order valence-electron chi connectivity index (χ0n) is 11.9. The Labute approximate surface area is 122 Å². The van der Waals surface area contributed by atoms with Crippen LogP contribution >= 0.6 is 0 Å². The lowest BCUT2D eigenvalue weighted by atomic mass is 10.2. The van der Waals surface area contributed by atoms with Gasteiger partial charge in [0.25, 0.3) is 5.56 Å². The summed E-state index contributed by atoms with van der Waals surface area (Å²) in [5, 5.41) is 10.7. The van der Waals surface area contributed by atoms with Crippen molar-refractivity contribution in [2.24, 2.45) is 0 Å². The minimum absolute atomic E-state index is 0.142. The molecule has 0 aromatic carbocycles. The van der Waals surface area contributed by atoms with Gasteiger partial charge in [-0.1, -0.05) is 12.8 Å². The predicted octanol–water partition coefficient (Wildman–Crippen LogP) is 2.39. The number of hydrogen-bond acceptors (Lipinski definition) is 4. The highest BCUT2D eigenvalue weighted by atomic mass is 16.1. The molecule has 2 aliphatic rings. The Hall–Kier alpha value is -2.11. The SMILES string of the molecule is O=c1cc(-c2cc(C3CC3)[nH]n2)nc(NC2CCCC2)[nH]1. The van der Waals surface area contributed by atoms with Crippen LogP contribution in [-0.2, 0) is 0 Å². The van der Waals surface area contributed by atoms with Crippen molar-refractivity contribution in [2.45, 2.75) is 50.5 Å². The van der Waals surface area contributed by atoms with Gasteiger partial charge in [0.2, 0.25) is 5.95 Å². The highest BCUT2D eigenvalue weighted by molar-refractivity contribution is 5.56. The lowest BCUT2D eigenvalue weighted by Gasteiger charge is -2.12. The number of aromatic nitrogens is 4. The molecule has 0 unspecified atom stereocenters. The lowest BCUT2D eigenvalue weighted by molar-refractivity contribution is 0.743. The van der Waals surface area contributed by atoms with E-state index in [4.69, 9.17) is 0 Å². The average Bonchev–Trinajstić information content (AvgIpc) is 2.99. The molecule has 0 spiro atoms. The largest absolute Gasteiger partial charge is 0.353 e. The molecule has 0 radical (unpaired) electrons. The minimum atomic E-state index is -0.142. The fraction of sp³-hybridized carbons (Fsp3) is 0.533. The fourth-order valence-electron chi connectivity index (χ4n) is 2.99. The van der Waals surface area contributed by atoms with Crippen LogP contribution in [0.2, 0.25) is 0 Å². The predicted molar refractivity (Wildman–Crippen MR) is 80.3 cm³/mol. The molecule has 3 N–H and O–H groups in total. The van der Waals surface area contributed by atoms with Crippen LogP contribution in [0.15, 0.2) is 16.9 Å². The molecular weight excluding hydrogens is 266 g/mol. The van der Waals surface area contributed by atoms with Crippen molar-refractivity contribution in [2.75, 3.05) is 5.32 Å². The Balaban J connectivity index is 1.61. The van der Waals surface area contributed by atoms with Gasteiger partial charge in [-0.05, 0) is 31.7 Å². The summed E-state index contributed by atoms with van der Waals surface area (Å²) in [5.74, 6) is 1.17. The van der Waals surface area contributed by atoms with Crippen molar-refractivity contribution in [3.8, 4) is 11.4 Å². The number of hydrogen-bond donors (Lipinski definition) is 3. The van der Waals surface area contributed by atoms with Gasteiger partial charge in [0.15, 0.2) is 0 Å². The first-order valence-electron chi connectivity index (χ1n) is 7.71. The molecule has 2 aromatic rings. The highest BCUT2D eigenvalue weighted by Gasteiger charge is 2.26. The maximum absolute atomic E-state index is 11.8. The zero-order valence-corrected chi connectivity index (χ0v) is 11.9. The number of rotatable bonds is 4. The van der Waals surface area contributed by atoms with Gasteiger partial charge in [0.05, 0.1) is 5.69 Å². The molecule has 2 heterocycles. The van der Waals surface area contributed by atoms with Crippen molar-refractivity contribution >= 4 is 5.95 Å². The maximum Gasteiger partial charge on any atom is 0.252 e. The van der Waals surface area contributed by atoms with E-state index in [1.165, 1.54) is 31.7 Å². The van der Waals surface area contributed by atoms with E-state index >= 15 is 0 Å². The Morgan fingerprint density at radius 2 is 1.90 bits per heavy atom. The second-order valence-electron chi connectivity index (χ2n) is 6.09. The summed E-state index contributed by atoms with van der Waals surface area (Å²) in [6.07, 6.45) is 7.21. The average molecular weight is 285 g/mol. The smallest absolute Gasteiger partial charge is 0.252 e. The Morgan fingerprint density at radius 3 is 2.67 bits per heavy atom. The summed E-state index contributed by atoms with van der Waals surface area (Å²) in [7, 11) is 0. The van der Waals surface area contributed by atoms with Gasteiger partial charge in [-0.2, -0.15) is 5.10 Å². The summed E-state index contributed by atoms with van der Waals surface area (Å²) < 4.78 is 0. The minimum Gasteiger partial charge on any atom is -0.353 e. The van der Waals surface area contributed by atoms with Crippen molar-refractivity contribution < 1.29 is 0 Å². The topological polar surface area (TPSA) is 86.5 Å². The molecule has 2 fully saturated rings. The zero-order chi connectivity index (χ0) is 14.2. The van der Waals surface area contributed by atoms with Crippen molar-refractivity contribution in [3.63, 3.8) is 0 Å². The molecule has 110 valence electrons. The van der Waals surface area contributed by atoms with E-state index in [0.717, 1.165) is 24.2 Å². The van der Waals surface area contributed by atoms with Gasteiger partial charge < -0.3 is 5.32 Å². The van der Waals surface area contributed by atoms with E-state index in [1.807, 2.05) is 6.07 Å². The van der Waals surface area contributed by atoms with Crippen molar-refractivity contribution in [1.29, 1.82) is 0 Å². The maximum atomic E-state index is 11.8. The van der Waals surface area contributed by atoms with E-state index in [9.17, 15) is 4.79 Å². The molecular formula is C15H19N5O. The molecule has 0 bridgehead atoms. The van der Waals surface area contributed by atoms with E-state index in [-0.39, 0.29) is 5.56 Å². The van der Waals surface area contributed by atoms with Gasteiger partial charge in [-0.25, -0.2) is 4.98 Å². The molecule has 0 atom stereocenters. The summed E-state index contributed by atoms with van der Waals surface area (Å²) >= 11 is 0. The lowest BCUT2D eigenvalue weighted by Crippen LogP contribution is -2.20. The van der Waals surface area contributed by atoms with E-state index in [2.05, 4.69) is 25.5 Å². The molecule has 6 heteroatoms. The van der Waals surface area contributed by atoms with Crippen molar-refractivity contribution in [1.82, 2.24) is 20.2 Å². The monoisotopic (exact) mass is 285 g/mol. The summed E-state index contributed by atoms with van der Waals surface area (Å²) in [6, 6.07) is 3.94. The summed E-state index contributed by atoms with van der Waals surface area (Å²) in [6.45, 7) is 0. The number of H-pyrrole nitrogens is 2. The number of nitrogens with one attached hydrogen (secondary N) is 3. The summed E-state index contributed by atoms with van der Waals surface area (Å²) in [4.78, 5) is 19.1. The van der Waals surface area contributed by atoms with Gasteiger partial charge in [-0.3, -0.25) is 14.9 Å². The van der Waals surface area contributed by atoms with Crippen LogP contribution in [0.25, 0.3) is 11.4 Å². The molecule has 0 saturated heterocycles. The number of nitrogens with zero attached hydrogens (tertiary/aromatic N) is 2. The van der Waals surface area contributed by atoms with Crippen molar-refractivity contribution in [3.05, 3.63) is 28.2 Å². The molecule has 21 heavy (non-hydrogen) atoms. The first-order valence-corrected chi connectivity index (χ1v) is 7.71. The van der Waals surface area contributed by atoms with Crippen LogP contribution in [-0.4, -0.2) is 26.2 Å². The molecule has 4 rings (SSSR count). The molecule has 0 amide bonds. The third-order valence-electron chi connectivity index (χ3n) is 4.31. The van der Waals surface area contributed by atoms with Crippen LogP contribution in [0.1, 0.15) is 50.1 Å². The number of aromatic amines is 2. The second kappa shape index (κ2) is 5.02. The third kappa shape index (κ3) is 2.70. The standard InChI is InChI=1S/C15H19N5O/c21-14-8-12(13-7-11(19-20-13)9-5-6-9)17-15(18-14)16-10-3-1-2-4-10/h7-10H,1-6H2,(H,19,20)(H2,16,17,18,21). The van der Waals surface area contributed by atoms with Crippen LogP contribution < -0.4 is 10.9 Å². The number of anilines is 1. The first kappa shape index (κ1) is 12.6. The van der Waals surface area contributed by atoms with Crippen LogP contribution in [0, 0.1) is 0 Å². The fourth-order valence-corrected chi connectivity index (χ4v) is 2.99. The molecule has 2 aliphatic carbocycles. The highest BCUT2D eigenvalue weighted by Crippen LogP contribution is 2.39. The van der Waals surface area contributed by atoms with Gasteiger partial charge >= 0.3 is 0 Å². The summed E-state index contributed by atoms with van der Waals surface area (Å²) in [5.41, 5.74) is 2.38. The van der Waals surface area contributed by atoms with Crippen LogP contribution in [0.3, 0.4) is 0 Å². The van der Waals surface area contributed by atoms with Crippen LogP contribution in [0.5, 0.6) is 0 Å². The Bertz CT molecular complexity index is 694. The van der Waals surface area contributed by atoms with E-state index in [1.54, 1.807) is 0 Å². The molecule has 6 nitrogen and oxygen atoms in total.